The minimum absolute atomic E-state index is 0.213. The summed E-state index contributed by atoms with van der Waals surface area (Å²) in [7, 11) is 1.22. The fourth-order valence-electron chi connectivity index (χ4n) is 5.24. The monoisotopic (exact) mass is 512 g/mol. The Morgan fingerprint density at radius 1 is 0.943 bits per heavy atom. The molecule has 35 heavy (non-hydrogen) atoms. The number of carbonyl (C=O) groups is 3. The average Bonchev–Trinajstić information content (AvgIpc) is 3.34. The molecule has 178 valence electrons. The van der Waals surface area contributed by atoms with Gasteiger partial charge in [0.05, 0.1) is 30.2 Å². The summed E-state index contributed by atoms with van der Waals surface area (Å²) in [5, 5.41) is 4.09. The van der Waals surface area contributed by atoms with Gasteiger partial charge in [0.15, 0.2) is 0 Å². The summed E-state index contributed by atoms with van der Waals surface area (Å²) < 4.78 is 18.6. The third kappa shape index (κ3) is 3.62. The molecule has 3 aromatic rings. The van der Waals surface area contributed by atoms with E-state index in [0.29, 0.717) is 21.2 Å². The molecular formula is C26H19Cl2FN2O4. The van der Waals surface area contributed by atoms with E-state index in [2.05, 4.69) is 5.32 Å². The number of fused-ring (bicyclic) bond motifs is 1. The van der Waals surface area contributed by atoms with Crippen molar-refractivity contribution in [1.29, 1.82) is 0 Å². The Labute approximate surface area is 210 Å². The molecule has 5 rings (SSSR count). The minimum Gasteiger partial charge on any atom is -0.468 e. The van der Waals surface area contributed by atoms with Gasteiger partial charge in [-0.15, -0.1) is 0 Å². The van der Waals surface area contributed by atoms with Crippen LogP contribution in [0.1, 0.15) is 11.1 Å². The first-order chi connectivity index (χ1) is 16.8. The van der Waals surface area contributed by atoms with Crippen LogP contribution in [-0.2, 0) is 24.7 Å². The Bertz CT molecular complexity index is 1300. The molecule has 9 heteroatoms. The largest absolute Gasteiger partial charge is 0.468 e. The molecule has 0 saturated carbocycles. The van der Waals surface area contributed by atoms with E-state index in [1.165, 1.54) is 31.4 Å². The van der Waals surface area contributed by atoms with Crippen molar-refractivity contribution in [1.82, 2.24) is 5.32 Å². The summed E-state index contributed by atoms with van der Waals surface area (Å²) in [6, 6.07) is 17.7. The first-order valence-electron chi connectivity index (χ1n) is 10.8. The van der Waals surface area contributed by atoms with E-state index < -0.39 is 47.0 Å². The summed E-state index contributed by atoms with van der Waals surface area (Å²) >= 11 is 12.7. The molecule has 2 aliphatic rings. The third-order valence-corrected chi connectivity index (χ3v) is 7.13. The fraction of sp³-hybridized carbons (Fsp3) is 0.192. The second kappa shape index (κ2) is 8.75. The second-order valence-electron chi connectivity index (χ2n) is 8.47. The lowest BCUT2D eigenvalue weighted by atomic mass is 9.71. The van der Waals surface area contributed by atoms with Gasteiger partial charge in [-0.3, -0.25) is 19.7 Å². The van der Waals surface area contributed by atoms with E-state index in [0.717, 1.165) is 4.90 Å². The number of rotatable bonds is 4. The number of imide groups is 1. The predicted octanol–water partition coefficient (Wildman–Crippen LogP) is 4.33. The number of hydrogen-bond donors (Lipinski definition) is 1. The van der Waals surface area contributed by atoms with Gasteiger partial charge in [-0.25, -0.2) is 9.29 Å². The van der Waals surface area contributed by atoms with Crippen molar-refractivity contribution in [2.45, 2.75) is 11.6 Å². The van der Waals surface area contributed by atoms with Gasteiger partial charge in [-0.2, -0.15) is 0 Å². The number of amides is 2. The Balaban J connectivity index is 1.77. The maximum atomic E-state index is 14.0. The summed E-state index contributed by atoms with van der Waals surface area (Å²) in [5.41, 5.74) is 0.0398. The normalized spacial score (nSPS) is 22.9. The van der Waals surface area contributed by atoms with Gasteiger partial charge in [-0.1, -0.05) is 47.5 Å². The molecular weight excluding hydrogens is 494 g/mol. The van der Waals surface area contributed by atoms with Crippen LogP contribution < -0.4 is 10.2 Å². The van der Waals surface area contributed by atoms with E-state index >= 15 is 0 Å². The Kier molecular flexibility index (Phi) is 5.87. The van der Waals surface area contributed by atoms with Gasteiger partial charge in [0.25, 0.3) is 0 Å². The van der Waals surface area contributed by atoms with Crippen molar-refractivity contribution in [2.75, 3.05) is 12.0 Å². The highest BCUT2D eigenvalue weighted by molar-refractivity contribution is 6.31. The number of benzene rings is 3. The Hall–Kier alpha value is -3.26. The van der Waals surface area contributed by atoms with Gasteiger partial charge in [0.1, 0.15) is 11.9 Å². The SMILES string of the molecule is COC(=O)[C@@H]1NC(c2cccc(Cl)c2)(c2cccc(Cl)c2)[C@@H]2C(=O)N(c3ccc(F)cc3)C(=O)[C@@H]21. The molecule has 2 aliphatic heterocycles. The standard InChI is InChI=1S/C26H19Cl2FN2O4/c1-35-25(34)22-20-21(24(33)31(23(20)32)19-10-8-18(29)9-11-19)26(30-22,14-4-2-6-16(27)12-14)15-5-3-7-17(28)13-15/h2-13,20-22,30H,1H3/t20-,21-,22+/m0/s1. The smallest absolute Gasteiger partial charge is 0.323 e. The van der Waals surface area contributed by atoms with Crippen LogP contribution in [0, 0.1) is 17.7 Å². The first kappa shape index (κ1) is 23.5. The van der Waals surface area contributed by atoms with Gasteiger partial charge in [-0.05, 0) is 59.7 Å². The summed E-state index contributed by atoms with van der Waals surface area (Å²) in [6.45, 7) is 0. The van der Waals surface area contributed by atoms with Crippen molar-refractivity contribution in [3.05, 3.63) is 99.8 Å². The molecule has 2 amide bonds. The molecule has 0 spiro atoms. The van der Waals surface area contributed by atoms with Crippen LogP contribution in [0.15, 0.2) is 72.8 Å². The van der Waals surface area contributed by atoms with Crippen molar-refractivity contribution in [3.8, 4) is 0 Å². The zero-order chi connectivity index (χ0) is 24.9. The number of nitrogens with one attached hydrogen (secondary N) is 1. The number of carbonyl (C=O) groups excluding carboxylic acids is 3. The van der Waals surface area contributed by atoms with Crippen molar-refractivity contribution >= 4 is 46.7 Å². The fourth-order valence-corrected chi connectivity index (χ4v) is 5.63. The molecule has 6 nitrogen and oxygen atoms in total. The Morgan fingerprint density at radius 3 is 2.03 bits per heavy atom. The summed E-state index contributed by atoms with van der Waals surface area (Å²) in [5.74, 6) is -4.44. The number of methoxy groups -OCH3 is 1. The maximum Gasteiger partial charge on any atom is 0.323 e. The zero-order valence-corrected chi connectivity index (χ0v) is 19.9. The number of hydrogen-bond acceptors (Lipinski definition) is 5. The molecule has 1 N–H and O–H groups in total. The van der Waals surface area contributed by atoms with Crippen molar-refractivity contribution in [2.24, 2.45) is 11.8 Å². The first-order valence-corrected chi connectivity index (χ1v) is 11.5. The lowest BCUT2D eigenvalue weighted by Crippen LogP contribution is -2.52. The van der Waals surface area contributed by atoms with E-state index in [-0.39, 0.29) is 5.69 Å². The van der Waals surface area contributed by atoms with Crippen LogP contribution >= 0.6 is 23.2 Å². The molecule has 3 aromatic carbocycles. The van der Waals surface area contributed by atoms with Crippen LogP contribution in [0.4, 0.5) is 10.1 Å². The Morgan fingerprint density at radius 2 is 1.51 bits per heavy atom. The van der Waals surface area contributed by atoms with Gasteiger partial charge in [0.2, 0.25) is 11.8 Å². The van der Waals surface area contributed by atoms with E-state index in [1.54, 1.807) is 48.5 Å². The van der Waals surface area contributed by atoms with E-state index in [1.807, 2.05) is 0 Å². The zero-order valence-electron chi connectivity index (χ0n) is 18.4. The molecule has 0 radical (unpaired) electrons. The number of halogens is 3. The van der Waals surface area contributed by atoms with Crippen LogP contribution in [0.3, 0.4) is 0 Å². The molecule has 0 bridgehead atoms. The number of nitrogens with zero attached hydrogens (tertiary/aromatic N) is 1. The number of ether oxygens (including phenoxy) is 1. The minimum atomic E-state index is -1.33. The van der Waals surface area contributed by atoms with E-state index in [4.69, 9.17) is 27.9 Å². The number of anilines is 1. The molecule has 0 unspecified atom stereocenters. The van der Waals surface area contributed by atoms with Crippen LogP contribution in [0.2, 0.25) is 10.0 Å². The second-order valence-corrected chi connectivity index (χ2v) is 9.34. The highest BCUT2D eigenvalue weighted by Gasteiger charge is 2.68. The molecule has 0 aliphatic carbocycles. The lowest BCUT2D eigenvalue weighted by Gasteiger charge is -2.36. The van der Waals surface area contributed by atoms with Crippen molar-refractivity contribution in [3.63, 3.8) is 0 Å². The third-order valence-electron chi connectivity index (χ3n) is 6.66. The average molecular weight is 513 g/mol. The maximum absolute atomic E-state index is 14.0. The highest BCUT2D eigenvalue weighted by atomic mass is 35.5. The quantitative estimate of drug-likeness (QED) is 0.416. The van der Waals surface area contributed by atoms with E-state index in [9.17, 15) is 18.8 Å². The molecule has 0 aromatic heterocycles. The van der Waals surface area contributed by atoms with Crippen LogP contribution in [0.5, 0.6) is 0 Å². The van der Waals surface area contributed by atoms with Gasteiger partial charge >= 0.3 is 5.97 Å². The predicted molar refractivity (Wildman–Crippen MR) is 128 cm³/mol. The summed E-state index contributed by atoms with van der Waals surface area (Å²) in [4.78, 5) is 41.7. The highest BCUT2D eigenvalue weighted by Crippen LogP contribution is 2.53. The molecule has 2 heterocycles. The van der Waals surface area contributed by atoms with Gasteiger partial charge in [0, 0.05) is 10.0 Å². The summed E-state index contributed by atoms with van der Waals surface area (Å²) in [6.07, 6.45) is 0. The molecule has 2 saturated heterocycles. The molecule has 2 fully saturated rings. The molecule has 3 atom stereocenters. The van der Waals surface area contributed by atoms with Crippen molar-refractivity contribution < 1.29 is 23.5 Å². The van der Waals surface area contributed by atoms with Gasteiger partial charge < -0.3 is 4.74 Å². The van der Waals surface area contributed by atoms with Crippen LogP contribution in [-0.4, -0.2) is 30.9 Å². The van der Waals surface area contributed by atoms with Crippen LogP contribution in [0.25, 0.3) is 0 Å². The number of esters is 1. The topological polar surface area (TPSA) is 75.7 Å². The lowest BCUT2D eigenvalue weighted by molar-refractivity contribution is -0.145.